The molecule has 0 aliphatic heterocycles. The number of carbonyl (C=O) groups is 2. The minimum atomic E-state index is -1.06. The molecule has 0 rings (SSSR count). The van der Waals surface area contributed by atoms with E-state index in [0.717, 1.165) is 0 Å². The highest BCUT2D eigenvalue weighted by atomic mass is 32.2. The van der Waals surface area contributed by atoms with Crippen LogP contribution >= 0.6 is 24.4 Å². The molecule has 0 heterocycles. The predicted molar refractivity (Wildman–Crippen MR) is 61.0 cm³/mol. The number of hydrogen-bond acceptors (Lipinski definition) is 4. The highest BCUT2D eigenvalue weighted by molar-refractivity contribution is 8.00. The fourth-order valence-electron chi connectivity index (χ4n) is 0.610. The quantitative estimate of drug-likeness (QED) is 0.614. The van der Waals surface area contributed by atoms with Crippen LogP contribution in [0.4, 0.5) is 0 Å². The summed E-state index contributed by atoms with van der Waals surface area (Å²) in [7, 11) is 0. The van der Waals surface area contributed by atoms with Crippen LogP contribution in [0.3, 0.4) is 0 Å². The molecule has 1 amide bonds. The zero-order chi connectivity index (χ0) is 11.4. The Kier molecular flexibility index (Phi) is 5.36. The van der Waals surface area contributed by atoms with Crippen molar-refractivity contribution in [2.75, 3.05) is 12.0 Å². The monoisotopic (exact) mass is 237 g/mol. The Bertz CT molecular complexity index is 231. The summed E-state index contributed by atoms with van der Waals surface area (Å²) in [5.41, 5.74) is 0. The number of aliphatic carboxylic acids is 1. The molecule has 0 aromatic rings. The van der Waals surface area contributed by atoms with E-state index in [0.29, 0.717) is 0 Å². The number of nitrogens with one attached hydrogen (secondary N) is 1. The lowest BCUT2D eigenvalue weighted by Crippen LogP contribution is -2.49. The van der Waals surface area contributed by atoms with Gasteiger partial charge in [-0.15, -0.1) is 11.8 Å². The number of carboxylic acids is 1. The van der Waals surface area contributed by atoms with Crippen LogP contribution in [-0.2, 0) is 9.59 Å². The fourth-order valence-corrected chi connectivity index (χ4v) is 1.10. The van der Waals surface area contributed by atoms with E-state index in [1.807, 2.05) is 0 Å². The summed E-state index contributed by atoms with van der Waals surface area (Å²) in [4.78, 5) is 22.2. The molecule has 0 aromatic carbocycles. The van der Waals surface area contributed by atoms with Crippen molar-refractivity contribution in [2.24, 2.45) is 0 Å². The standard InChI is InChI=1S/C8H15NO3S2/c1-8(2,14-3)7(12)9-5(4-13)6(10)11/h5,13H,4H2,1-3H3,(H,9,12)(H,10,11). The maximum absolute atomic E-state index is 11.5. The van der Waals surface area contributed by atoms with E-state index in [9.17, 15) is 9.59 Å². The number of hydrogen-bond donors (Lipinski definition) is 3. The first-order valence-corrected chi connectivity index (χ1v) is 5.90. The lowest BCUT2D eigenvalue weighted by Gasteiger charge is -2.23. The SMILES string of the molecule is CSC(C)(C)C(=O)NC(CS)C(=O)O. The average molecular weight is 237 g/mol. The lowest BCUT2D eigenvalue weighted by atomic mass is 10.2. The van der Waals surface area contributed by atoms with Gasteiger partial charge < -0.3 is 10.4 Å². The van der Waals surface area contributed by atoms with E-state index in [1.165, 1.54) is 11.8 Å². The lowest BCUT2D eigenvalue weighted by molar-refractivity contribution is -0.141. The first-order chi connectivity index (χ1) is 6.35. The first-order valence-electron chi connectivity index (χ1n) is 4.05. The van der Waals surface area contributed by atoms with Crippen molar-refractivity contribution in [2.45, 2.75) is 24.6 Å². The molecule has 0 aliphatic carbocycles. The molecule has 82 valence electrons. The van der Waals surface area contributed by atoms with Crippen LogP contribution in [-0.4, -0.2) is 39.8 Å². The summed E-state index contributed by atoms with van der Waals surface area (Å²) >= 11 is 5.22. The van der Waals surface area contributed by atoms with Gasteiger partial charge in [0.05, 0.1) is 4.75 Å². The van der Waals surface area contributed by atoms with Crippen molar-refractivity contribution in [3.63, 3.8) is 0 Å². The summed E-state index contributed by atoms with van der Waals surface area (Å²) in [6.07, 6.45) is 1.80. The van der Waals surface area contributed by atoms with Gasteiger partial charge in [0.2, 0.25) is 5.91 Å². The van der Waals surface area contributed by atoms with E-state index in [4.69, 9.17) is 5.11 Å². The molecule has 0 fully saturated rings. The van der Waals surface area contributed by atoms with Crippen LogP contribution in [0.1, 0.15) is 13.8 Å². The molecule has 0 aliphatic rings. The Morgan fingerprint density at radius 3 is 2.36 bits per heavy atom. The van der Waals surface area contributed by atoms with Crippen molar-refractivity contribution < 1.29 is 14.7 Å². The number of amides is 1. The predicted octanol–water partition coefficient (Wildman–Crippen LogP) is 0.627. The maximum Gasteiger partial charge on any atom is 0.327 e. The summed E-state index contributed by atoms with van der Waals surface area (Å²) in [6.45, 7) is 3.48. The minimum Gasteiger partial charge on any atom is -0.480 e. The smallest absolute Gasteiger partial charge is 0.327 e. The summed E-state index contributed by atoms with van der Waals surface area (Å²) < 4.78 is -0.614. The molecular formula is C8H15NO3S2. The van der Waals surface area contributed by atoms with Crippen molar-refractivity contribution in [3.05, 3.63) is 0 Å². The Morgan fingerprint density at radius 2 is 2.07 bits per heavy atom. The molecule has 1 unspecified atom stereocenters. The molecule has 2 N–H and O–H groups in total. The molecule has 0 radical (unpaired) electrons. The molecule has 0 saturated heterocycles. The van der Waals surface area contributed by atoms with Gasteiger partial charge in [-0.1, -0.05) is 0 Å². The normalized spacial score (nSPS) is 13.4. The maximum atomic E-state index is 11.5. The average Bonchev–Trinajstić information content (AvgIpc) is 2.12. The van der Waals surface area contributed by atoms with Gasteiger partial charge in [0.25, 0.3) is 0 Å². The zero-order valence-electron chi connectivity index (χ0n) is 8.40. The van der Waals surface area contributed by atoms with Gasteiger partial charge in [-0.2, -0.15) is 12.6 Å². The Morgan fingerprint density at radius 1 is 1.57 bits per heavy atom. The molecule has 4 nitrogen and oxygen atoms in total. The molecule has 0 bridgehead atoms. The second kappa shape index (κ2) is 5.50. The Hall–Kier alpha value is -0.360. The van der Waals surface area contributed by atoms with Crippen LogP contribution < -0.4 is 5.32 Å². The van der Waals surface area contributed by atoms with Gasteiger partial charge in [-0.05, 0) is 20.1 Å². The van der Waals surface area contributed by atoms with E-state index in [1.54, 1.807) is 20.1 Å². The number of rotatable bonds is 5. The third kappa shape index (κ3) is 3.79. The van der Waals surface area contributed by atoms with Crippen molar-refractivity contribution in [3.8, 4) is 0 Å². The van der Waals surface area contributed by atoms with Crippen molar-refractivity contribution in [1.29, 1.82) is 0 Å². The largest absolute Gasteiger partial charge is 0.480 e. The third-order valence-corrected chi connectivity index (χ3v) is 3.41. The van der Waals surface area contributed by atoms with Crippen molar-refractivity contribution in [1.82, 2.24) is 5.32 Å². The van der Waals surface area contributed by atoms with E-state index < -0.39 is 16.8 Å². The number of thioether (sulfide) groups is 1. The van der Waals surface area contributed by atoms with Gasteiger partial charge in [0.15, 0.2) is 0 Å². The summed E-state index contributed by atoms with van der Waals surface area (Å²) in [5.74, 6) is -1.26. The van der Waals surface area contributed by atoms with Crippen LogP contribution in [0.25, 0.3) is 0 Å². The van der Waals surface area contributed by atoms with Crippen LogP contribution in [0.15, 0.2) is 0 Å². The molecule has 1 atom stereocenters. The van der Waals surface area contributed by atoms with E-state index in [2.05, 4.69) is 17.9 Å². The highest BCUT2D eigenvalue weighted by Gasteiger charge is 2.29. The highest BCUT2D eigenvalue weighted by Crippen LogP contribution is 2.21. The second-order valence-corrected chi connectivity index (χ2v) is 5.06. The molecule has 14 heavy (non-hydrogen) atoms. The summed E-state index contributed by atoms with van der Waals surface area (Å²) in [5, 5.41) is 11.1. The zero-order valence-corrected chi connectivity index (χ0v) is 10.1. The molecular weight excluding hydrogens is 222 g/mol. The van der Waals surface area contributed by atoms with Gasteiger partial charge in [0.1, 0.15) is 6.04 Å². The Balaban J connectivity index is 4.37. The van der Waals surface area contributed by atoms with Gasteiger partial charge >= 0.3 is 5.97 Å². The minimum absolute atomic E-state index is 0.0888. The van der Waals surface area contributed by atoms with Gasteiger partial charge in [-0.3, -0.25) is 4.79 Å². The van der Waals surface area contributed by atoms with E-state index in [-0.39, 0.29) is 11.7 Å². The molecule has 0 aromatic heterocycles. The number of carboxylic acid groups (broad SMARTS) is 1. The van der Waals surface area contributed by atoms with Crippen LogP contribution in [0.2, 0.25) is 0 Å². The van der Waals surface area contributed by atoms with Gasteiger partial charge in [0, 0.05) is 5.75 Å². The molecule has 0 spiro atoms. The summed E-state index contributed by atoms with van der Waals surface area (Å²) in [6, 6.07) is -0.919. The molecule has 0 saturated carbocycles. The van der Waals surface area contributed by atoms with Crippen LogP contribution in [0, 0.1) is 0 Å². The second-order valence-electron chi connectivity index (χ2n) is 3.26. The first kappa shape index (κ1) is 13.6. The van der Waals surface area contributed by atoms with E-state index >= 15 is 0 Å². The number of carbonyl (C=O) groups excluding carboxylic acids is 1. The Labute approximate surface area is 93.2 Å². The van der Waals surface area contributed by atoms with Crippen LogP contribution in [0.5, 0.6) is 0 Å². The third-order valence-electron chi connectivity index (χ3n) is 1.84. The van der Waals surface area contributed by atoms with Gasteiger partial charge in [-0.25, -0.2) is 4.79 Å². The molecule has 6 heteroatoms. The fraction of sp³-hybridized carbons (Fsp3) is 0.750. The topological polar surface area (TPSA) is 66.4 Å². The van der Waals surface area contributed by atoms with Crippen molar-refractivity contribution >= 4 is 36.3 Å². The number of thiol groups is 1.